The van der Waals surface area contributed by atoms with Crippen LogP contribution < -0.4 is 11.5 Å². The molecule has 1 rings (SSSR count). The summed E-state index contributed by atoms with van der Waals surface area (Å²) in [4.78, 5) is 0.763. The van der Waals surface area contributed by atoms with E-state index in [0.717, 1.165) is 0 Å². The summed E-state index contributed by atoms with van der Waals surface area (Å²) in [5.41, 5.74) is 10.3. The molecule has 0 aromatic rings. The average molecular weight is 382 g/mol. The Morgan fingerprint density at radius 3 is 1.18 bits per heavy atom. The van der Waals surface area contributed by atoms with Crippen molar-refractivity contribution in [3.05, 3.63) is 0 Å². The van der Waals surface area contributed by atoms with Crippen molar-refractivity contribution in [1.29, 1.82) is 0 Å². The number of nitrogens with two attached hydrogens (primary N) is 2. The van der Waals surface area contributed by atoms with Gasteiger partial charge in [-0.1, -0.05) is 25.7 Å². The van der Waals surface area contributed by atoms with Crippen LogP contribution in [0.15, 0.2) is 0 Å². The van der Waals surface area contributed by atoms with E-state index in [1.165, 1.54) is 25.7 Å². The number of rotatable bonds is 2. The molecule has 0 saturated heterocycles. The fraction of sp³-hybridized carbons (Fsp3) is 1.00. The van der Waals surface area contributed by atoms with Gasteiger partial charge in [-0.25, -0.2) is 0 Å². The van der Waals surface area contributed by atoms with Gasteiger partial charge in [0.2, 0.25) is 0 Å². The van der Waals surface area contributed by atoms with E-state index >= 15 is 0 Å². The van der Waals surface area contributed by atoms with E-state index < -0.39 is 14.0 Å². The second-order valence-electron chi connectivity index (χ2n) is 2.21. The summed E-state index contributed by atoms with van der Waals surface area (Å²) in [7, 11) is 11.2. The molecule has 11 heavy (non-hydrogen) atoms. The Bertz CT molecular complexity index is 86.6. The van der Waals surface area contributed by atoms with Crippen molar-refractivity contribution in [2.24, 2.45) is 11.5 Å². The van der Waals surface area contributed by atoms with Gasteiger partial charge in [0.25, 0.3) is 0 Å². The molecule has 4 N–H and O–H groups in total. The zero-order chi connectivity index (χ0) is 8.74. The quantitative estimate of drug-likeness (QED) is 0.766. The van der Waals surface area contributed by atoms with Gasteiger partial charge in [-0.05, 0) is 0 Å². The predicted octanol–water partition coefficient (Wildman–Crippen LogP) is 1.84. The van der Waals surface area contributed by atoms with Gasteiger partial charge in [0.15, 0.2) is 0 Å². The van der Waals surface area contributed by atoms with Crippen molar-refractivity contribution < 1.29 is 14.0 Å². The second-order valence-corrected chi connectivity index (χ2v) is 16.5. The maximum absolute atomic E-state index is 5.60. The Kier molecular flexibility index (Phi) is 7.40. The van der Waals surface area contributed by atoms with E-state index in [0.29, 0.717) is 9.87 Å². The minimum atomic E-state index is -2.52. The predicted molar refractivity (Wildman–Crippen MR) is 48.3 cm³/mol. The van der Waals surface area contributed by atoms with Gasteiger partial charge < -0.3 is 0 Å². The van der Waals surface area contributed by atoms with Crippen molar-refractivity contribution >= 4 is 18.8 Å². The van der Waals surface area contributed by atoms with Gasteiger partial charge in [-0.15, -0.1) is 0 Å². The van der Waals surface area contributed by atoms with Crippen molar-refractivity contribution in [2.45, 2.75) is 25.7 Å². The first kappa shape index (κ1) is 12.2. The van der Waals surface area contributed by atoms with Crippen LogP contribution in [0.5, 0.6) is 0 Å². The Hall–Kier alpha value is 1.19. The van der Waals surface area contributed by atoms with Crippen LogP contribution in [-0.4, -0.2) is 9.87 Å². The SMILES string of the molecule is C1CCC1.N[CH2][Pt]([Cl])([Cl])[CH2]N. The summed E-state index contributed by atoms with van der Waals surface area (Å²) in [6.45, 7) is 0. The normalized spacial score (nSPS) is 17.8. The molecular formula is C6H16Cl2N2Pt. The van der Waals surface area contributed by atoms with Gasteiger partial charge in [0.1, 0.15) is 0 Å². The summed E-state index contributed by atoms with van der Waals surface area (Å²) >= 11 is -2.52. The van der Waals surface area contributed by atoms with Crippen LogP contribution in [0.2, 0.25) is 0 Å². The summed E-state index contributed by atoms with van der Waals surface area (Å²) in [5.74, 6) is 0. The summed E-state index contributed by atoms with van der Waals surface area (Å²) in [6.07, 6.45) is 6.00. The van der Waals surface area contributed by atoms with E-state index in [1.807, 2.05) is 0 Å². The first-order valence-electron chi connectivity index (χ1n) is 3.50. The van der Waals surface area contributed by atoms with Gasteiger partial charge in [0, 0.05) is 0 Å². The van der Waals surface area contributed by atoms with Crippen LogP contribution >= 0.6 is 18.8 Å². The third kappa shape index (κ3) is 7.55. The van der Waals surface area contributed by atoms with Crippen molar-refractivity contribution in [1.82, 2.24) is 0 Å². The summed E-state index contributed by atoms with van der Waals surface area (Å²) in [6, 6.07) is 0. The van der Waals surface area contributed by atoms with Crippen LogP contribution in [0.25, 0.3) is 0 Å². The number of hydrogen-bond acceptors (Lipinski definition) is 2. The van der Waals surface area contributed by atoms with Crippen molar-refractivity contribution in [2.75, 3.05) is 9.87 Å². The molecule has 0 bridgehead atoms. The zero-order valence-corrected chi connectivity index (χ0v) is 10.3. The summed E-state index contributed by atoms with van der Waals surface area (Å²) < 4.78 is 0. The maximum atomic E-state index is 5.60. The van der Waals surface area contributed by atoms with E-state index in [9.17, 15) is 0 Å². The van der Waals surface area contributed by atoms with E-state index in [1.54, 1.807) is 0 Å². The Labute approximate surface area is 79.7 Å². The topological polar surface area (TPSA) is 52.0 Å². The molecule has 0 unspecified atom stereocenters. The molecule has 0 spiro atoms. The molecule has 74 valence electrons. The Balaban J connectivity index is 0.000000207. The van der Waals surface area contributed by atoms with E-state index in [-0.39, 0.29) is 0 Å². The first-order valence-corrected chi connectivity index (χ1v) is 12.3. The minimum absolute atomic E-state index is 0.382. The molecule has 1 aliphatic rings. The van der Waals surface area contributed by atoms with Crippen LogP contribution in [0.4, 0.5) is 0 Å². The molecule has 1 saturated carbocycles. The number of hydrogen-bond donors (Lipinski definition) is 2. The van der Waals surface area contributed by atoms with Gasteiger partial charge in [-0.3, -0.25) is 0 Å². The molecule has 0 amide bonds. The fourth-order valence-corrected chi connectivity index (χ4v) is 0.681. The van der Waals surface area contributed by atoms with E-state index in [2.05, 4.69) is 0 Å². The van der Waals surface area contributed by atoms with Gasteiger partial charge >= 0.3 is 54.1 Å². The Morgan fingerprint density at radius 1 is 0.909 bits per heavy atom. The third-order valence-corrected chi connectivity index (χ3v) is 7.29. The molecule has 0 radical (unpaired) electrons. The van der Waals surface area contributed by atoms with Crippen LogP contribution in [0, 0.1) is 0 Å². The van der Waals surface area contributed by atoms with Crippen LogP contribution in [0.1, 0.15) is 25.7 Å². The Morgan fingerprint density at radius 2 is 1.18 bits per heavy atom. The average Bonchev–Trinajstić information content (AvgIpc) is 1.85. The van der Waals surface area contributed by atoms with E-state index in [4.69, 9.17) is 30.3 Å². The van der Waals surface area contributed by atoms with Gasteiger partial charge in [-0.2, -0.15) is 0 Å². The molecule has 0 atom stereocenters. The molecule has 1 fully saturated rings. The molecule has 0 aromatic carbocycles. The molecule has 0 heterocycles. The first-order chi connectivity index (χ1) is 5.12. The number of halogens is 2. The molecule has 2 nitrogen and oxygen atoms in total. The monoisotopic (exact) mass is 381 g/mol. The molecule has 0 aliphatic heterocycles. The van der Waals surface area contributed by atoms with Crippen LogP contribution in [-0.2, 0) is 14.0 Å². The van der Waals surface area contributed by atoms with Crippen LogP contribution in [0.3, 0.4) is 0 Å². The van der Waals surface area contributed by atoms with Gasteiger partial charge in [0.05, 0.1) is 0 Å². The molecule has 0 aromatic heterocycles. The fourth-order valence-electron chi connectivity index (χ4n) is 0.303. The molecule has 1 aliphatic carbocycles. The standard InChI is InChI=1S/C4H8.2CH4N.2ClH.Pt/c1-2-4-3-1;2*1-2;;;/h1-4H2;2*1-2H2;2*1H;/q;;;;;+2/p-2. The molecular weight excluding hydrogens is 366 g/mol. The van der Waals surface area contributed by atoms with Crippen molar-refractivity contribution in [3.8, 4) is 0 Å². The second kappa shape index (κ2) is 6.68. The summed E-state index contributed by atoms with van der Waals surface area (Å²) in [5, 5.41) is 0. The third-order valence-electron chi connectivity index (χ3n) is 1.38. The van der Waals surface area contributed by atoms with Crippen molar-refractivity contribution in [3.63, 3.8) is 0 Å². The zero-order valence-electron chi connectivity index (χ0n) is 6.47. The molecule has 5 heteroatoms.